The molecule has 1 aliphatic carbocycles. The molecule has 1 aliphatic heterocycles. The molecule has 0 bridgehead atoms. The number of hydrogen-bond acceptors (Lipinski definition) is 2. The van der Waals surface area contributed by atoms with Gasteiger partial charge in [0.25, 0.3) is 0 Å². The van der Waals surface area contributed by atoms with E-state index in [-0.39, 0.29) is 6.03 Å². The molecular formula is C11H21N3O. The van der Waals surface area contributed by atoms with Crippen molar-refractivity contribution in [3.63, 3.8) is 0 Å². The summed E-state index contributed by atoms with van der Waals surface area (Å²) in [4.78, 5) is 13.1. The summed E-state index contributed by atoms with van der Waals surface area (Å²) in [5.74, 6) is 0.873. The summed E-state index contributed by atoms with van der Waals surface area (Å²) in [7, 11) is 0. The van der Waals surface area contributed by atoms with Crippen molar-refractivity contribution in [1.82, 2.24) is 15.5 Å². The van der Waals surface area contributed by atoms with Gasteiger partial charge in [-0.3, -0.25) is 0 Å². The van der Waals surface area contributed by atoms with Gasteiger partial charge in [-0.05, 0) is 25.7 Å². The van der Waals surface area contributed by atoms with E-state index in [0.717, 1.165) is 32.1 Å². The summed E-state index contributed by atoms with van der Waals surface area (Å²) < 4.78 is 0. The van der Waals surface area contributed by atoms with Crippen molar-refractivity contribution < 1.29 is 4.79 Å². The van der Waals surface area contributed by atoms with Gasteiger partial charge in [0.2, 0.25) is 0 Å². The molecule has 0 aromatic carbocycles. The molecule has 1 saturated heterocycles. The van der Waals surface area contributed by atoms with Gasteiger partial charge in [0.1, 0.15) is 0 Å². The lowest BCUT2D eigenvalue weighted by molar-refractivity contribution is 0.211. The lowest BCUT2D eigenvalue weighted by Gasteiger charge is -2.32. The van der Waals surface area contributed by atoms with Crippen LogP contribution in [0.2, 0.25) is 0 Å². The van der Waals surface area contributed by atoms with Crippen LogP contribution in [0.15, 0.2) is 0 Å². The van der Waals surface area contributed by atoms with Gasteiger partial charge in [-0.2, -0.15) is 0 Å². The van der Waals surface area contributed by atoms with Gasteiger partial charge in [0.15, 0.2) is 0 Å². The molecule has 4 heteroatoms. The number of urea groups is 1. The van der Waals surface area contributed by atoms with E-state index in [1.807, 2.05) is 4.90 Å². The SMILES string of the molecule is CC(NCCN1CCNC1=O)C1CCC1. The Labute approximate surface area is 91.4 Å². The minimum absolute atomic E-state index is 0.0908. The predicted molar refractivity (Wildman–Crippen MR) is 59.8 cm³/mol. The van der Waals surface area contributed by atoms with E-state index in [2.05, 4.69) is 17.6 Å². The van der Waals surface area contributed by atoms with Crippen LogP contribution in [0.3, 0.4) is 0 Å². The zero-order valence-electron chi connectivity index (χ0n) is 9.46. The van der Waals surface area contributed by atoms with Crippen molar-refractivity contribution in [2.24, 2.45) is 5.92 Å². The van der Waals surface area contributed by atoms with Crippen molar-refractivity contribution in [3.05, 3.63) is 0 Å². The average molecular weight is 211 g/mol. The quantitative estimate of drug-likeness (QED) is 0.706. The van der Waals surface area contributed by atoms with Crippen LogP contribution >= 0.6 is 0 Å². The second-order valence-electron chi connectivity index (χ2n) is 4.65. The van der Waals surface area contributed by atoms with Crippen LogP contribution in [-0.2, 0) is 0 Å². The van der Waals surface area contributed by atoms with Gasteiger partial charge in [0.05, 0.1) is 0 Å². The van der Waals surface area contributed by atoms with E-state index in [1.54, 1.807) is 0 Å². The van der Waals surface area contributed by atoms with Gasteiger partial charge in [-0.15, -0.1) is 0 Å². The molecule has 4 nitrogen and oxygen atoms in total. The molecule has 2 aliphatic rings. The Morgan fingerprint density at radius 1 is 1.60 bits per heavy atom. The van der Waals surface area contributed by atoms with Crippen LogP contribution in [0.4, 0.5) is 4.79 Å². The summed E-state index contributed by atoms with van der Waals surface area (Å²) in [6.45, 7) is 5.68. The summed E-state index contributed by atoms with van der Waals surface area (Å²) in [6.07, 6.45) is 4.14. The van der Waals surface area contributed by atoms with Crippen LogP contribution in [0.1, 0.15) is 26.2 Å². The van der Waals surface area contributed by atoms with Crippen LogP contribution < -0.4 is 10.6 Å². The summed E-state index contributed by atoms with van der Waals surface area (Å²) in [6, 6.07) is 0.706. The Bertz CT molecular complexity index is 228. The molecule has 1 unspecified atom stereocenters. The molecule has 0 spiro atoms. The molecule has 2 rings (SSSR count). The zero-order chi connectivity index (χ0) is 10.7. The lowest BCUT2D eigenvalue weighted by atomic mass is 9.80. The van der Waals surface area contributed by atoms with E-state index in [9.17, 15) is 4.79 Å². The smallest absolute Gasteiger partial charge is 0.317 e. The monoisotopic (exact) mass is 211 g/mol. The highest BCUT2D eigenvalue weighted by molar-refractivity contribution is 5.76. The third-order valence-corrected chi connectivity index (χ3v) is 3.65. The summed E-state index contributed by atoms with van der Waals surface area (Å²) in [5, 5.41) is 6.32. The Kier molecular flexibility index (Phi) is 3.46. The first-order valence-corrected chi connectivity index (χ1v) is 6.03. The Balaban J connectivity index is 1.59. The second-order valence-corrected chi connectivity index (χ2v) is 4.65. The standard InChI is InChI=1S/C11H21N3O/c1-9(10-3-2-4-10)12-5-7-14-8-6-13-11(14)15/h9-10,12H,2-8H2,1H3,(H,13,15). The molecule has 15 heavy (non-hydrogen) atoms. The van der Waals surface area contributed by atoms with Crippen molar-refractivity contribution in [1.29, 1.82) is 0 Å². The van der Waals surface area contributed by atoms with Crippen molar-refractivity contribution in [3.8, 4) is 0 Å². The highest BCUT2D eigenvalue weighted by Crippen LogP contribution is 2.29. The predicted octanol–water partition coefficient (Wildman–Crippen LogP) is 0.790. The van der Waals surface area contributed by atoms with Crippen molar-refractivity contribution in [2.75, 3.05) is 26.2 Å². The molecule has 2 fully saturated rings. The Morgan fingerprint density at radius 3 is 2.93 bits per heavy atom. The molecule has 1 atom stereocenters. The van der Waals surface area contributed by atoms with Gasteiger partial charge >= 0.3 is 6.03 Å². The van der Waals surface area contributed by atoms with Crippen LogP contribution in [-0.4, -0.2) is 43.2 Å². The minimum Gasteiger partial charge on any atom is -0.336 e. The zero-order valence-corrected chi connectivity index (χ0v) is 9.46. The summed E-state index contributed by atoms with van der Waals surface area (Å²) in [5.41, 5.74) is 0. The van der Waals surface area contributed by atoms with Crippen molar-refractivity contribution >= 4 is 6.03 Å². The maximum Gasteiger partial charge on any atom is 0.317 e. The molecule has 0 aromatic heterocycles. The van der Waals surface area contributed by atoms with E-state index in [0.29, 0.717) is 6.04 Å². The molecule has 0 aromatic rings. The summed E-state index contributed by atoms with van der Waals surface area (Å²) >= 11 is 0. The average Bonchev–Trinajstić information content (AvgIpc) is 2.49. The van der Waals surface area contributed by atoms with Gasteiger partial charge in [-0.1, -0.05) is 6.42 Å². The number of nitrogens with zero attached hydrogens (tertiary/aromatic N) is 1. The normalized spacial score (nSPS) is 23.8. The minimum atomic E-state index is 0.0908. The van der Waals surface area contributed by atoms with Crippen LogP contribution in [0, 0.1) is 5.92 Å². The Hall–Kier alpha value is -0.770. The second kappa shape index (κ2) is 4.84. The first kappa shape index (κ1) is 10.7. The maximum absolute atomic E-state index is 11.2. The van der Waals surface area contributed by atoms with E-state index < -0.39 is 0 Å². The first-order chi connectivity index (χ1) is 7.27. The number of hydrogen-bond donors (Lipinski definition) is 2. The van der Waals surface area contributed by atoms with E-state index >= 15 is 0 Å². The number of amides is 2. The van der Waals surface area contributed by atoms with Crippen LogP contribution in [0.5, 0.6) is 0 Å². The third-order valence-electron chi connectivity index (χ3n) is 3.65. The fourth-order valence-electron chi connectivity index (χ4n) is 2.26. The molecule has 86 valence electrons. The van der Waals surface area contributed by atoms with Gasteiger partial charge in [0, 0.05) is 32.2 Å². The van der Waals surface area contributed by atoms with Crippen LogP contribution in [0.25, 0.3) is 0 Å². The molecular weight excluding hydrogens is 190 g/mol. The van der Waals surface area contributed by atoms with Crippen molar-refractivity contribution in [2.45, 2.75) is 32.2 Å². The maximum atomic E-state index is 11.2. The number of carbonyl (C=O) groups excluding carboxylic acids is 1. The van der Waals surface area contributed by atoms with Gasteiger partial charge in [-0.25, -0.2) is 4.79 Å². The van der Waals surface area contributed by atoms with E-state index in [1.165, 1.54) is 19.3 Å². The lowest BCUT2D eigenvalue weighted by Crippen LogP contribution is -2.42. The fraction of sp³-hybridized carbons (Fsp3) is 0.909. The first-order valence-electron chi connectivity index (χ1n) is 6.03. The highest BCUT2D eigenvalue weighted by atomic mass is 16.2. The van der Waals surface area contributed by atoms with Gasteiger partial charge < -0.3 is 15.5 Å². The number of carbonyl (C=O) groups is 1. The number of nitrogens with one attached hydrogen (secondary N) is 2. The third kappa shape index (κ3) is 2.62. The highest BCUT2D eigenvalue weighted by Gasteiger charge is 2.24. The topological polar surface area (TPSA) is 44.4 Å². The number of rotatable bonds is 5. The molecule has 2 amide bonds. The molecule has 2 N–H and O–H groups in total. The molecule has 1 heterocycles. The molecule has 0 radical (unpaired) electrons. The van der Waals surface area contributed by atoms with E-state index in [4.69, 9.17) is 0 Å². The largest absolute Gasteiger partial charge is 0.336 e. The Morgan fingerprint density at radius 2 is 2.40 bits per heavy atom. The molecule has 1 saturated carbocycles. The fourth-order valence-corrected chi connectivity index (χ4v) is 2.26.